The van der Waals surface area contributed by atoms with Crippen molar-refractivity contribution < 1.29 is 14.3 Å². The van der Waals surface area contributed by atoms with E-state index < -0.39 is 5.60 Å². The summed E-state index contributed by atoms with van der Waals surface area (Å²) >= 11 is 0. The third kappa shape index (κ3) is 3.26. The summed E-state index contributed by atoms with van der Waals surface area (Å²) < 4.78 is 6.10. The molecular formula is C19H27NO3. The molecular weight excluding hydrogens is 290 g/mol. The van der Waals surface area contributed by atoms with Gasteiger partial charge in [-0.1, -0.05) is 27.7 Å². The quantitative estimate of drug-likeness (QED) is 0.738. The lowest BCUT2D eigenvalue weighted by Crippen LogP contribution is -2.56. The summed E-state index contributed by atoms with van der Waals surface area (Å²) in [7, 11) is 0. The van der Waals surface area contributed by atoms with Gasteiger partial charge in [-0.15, -0.1) is 0 Å². The third-order valence-corrected chi connectivity index (χ3v) is 4.67. The van der Waals surface area contributed by atoms with Gasteiger partial charge in [0.2, 0.25) is 0 Å². The van der Waals surface area contributed by atoms with Crippen LogP contribution in [-0.4, -0.2) is 23.8 Å². The molecule has 0 aromatic heterocycles. The Morgan fingerprint density at radius 2 is 1.91 bits per heavy atom. The molecule has 4 heteroatoms. The van der Waals surface area contributed by atoms with Gasteiger partial charge in [0.25, 0.3) is 5.91 Å². The largest absolute Gasteiger partial charge is 0.475 e. The van der Waals surface area contributed by atoms with Gasteiger partial charge in [-0.05, 0) is 50.3 Å². The van der Waals surface area contributed by atoms with Crippen molar-refractivity contribution in [3.63, 3.8) is 0 Å². The zero-order valence-corrected chi connectivity index (χ0v) is 14.8. The Bertz CT molecular complexity index is 603. The smallest absolute Gasteiger partial charge is 0.271 e. The molecule has 1 heterocycles. The molecule has 0 spiro atoms. The highest BCUT2D eigenvalue weighted by Gasteiger charge is 2.45. The van der Waals surface area contributed by atoms with E-state index in [-0.39, 0.29) is 11.7 Å². The maximum absolute atomic E-state index is 13.1. The van der Waals surface area contributed by atoms with Crippen molar-refractivity contribution in [3.8, 4) is 5.75 Å². The SMILES string of the molecule is CCC1(CC)Oc2ccc(C(C)=O)cc2N(CCC(C)C)C1=O. The van der Waals surface area contributed by atoms with Crippen molar-refractivity contribution in [2.45, 2.75) is 59.5 Å². The molecule has 1 aliphatic rings. The molecule has 23 heavy (non-hydrogen) atoms. The summed E-state index contributed by atoms with van der Waals surface area (Å²) in [6.07, 6.45) is 2.18. The van der Waals surface area contributed by atoms with Gasteiger partial charge in [-0.25, -0.2) is 0 Å². The van der Waals surface area contributed by atoms with E-state index in [1.807, 2.05) is 24.8 Å². The topological polar surface area (TPSA) is 46.6 Å². The average Bonchev–Trinajstić information content (AvgIpc) is 2.52. The van der Waals surface area contributed by atoms with Gasteiger partial charge in [-0.2, -0.15) is 0 Å². The van der Waals surface area contributed by atoms with Gasteiger partial charge >= 0.3 is 0 Å². The second-order valence-electron chi connectivity index (χ2n) is 6.68. The molecule has 1 aliphatic heterocycles. The molecule has 0 saturated carbocycles. The molecule has 0 radical (unpaired) electrons. The van der Waals surface area contributed by atoms with Crippen LogP contribution in [0.5, 0.6) is 5.75 Å². The van der Waals surface area contributed by atoms with E-state index >= 15 is 0 Å². The van der Waals surface area contributed by atoms with Crippen molar-refractivity contribution in [2.75, 3.05) is 11.4 Å². The van der Waals surface area contributed by atoms with Crippen LogP contribution in [0, 0.1) is 5.92 Å². The molecule has 0 saturated heterocycles. The molecule has 1 amide bonds. The molecule has 2 rings (SSSR count). The van der Waals surface area contributed by atoms with Gasteiger partial charge in [0.1, 0.15) is 5.75 Å². The minimum atomic E-state index is -0.790. The van der Waals surface area contributed by atoms with Crippen molar-refractivity contribution in [1.29, 1.82) is 0 Å². The summed E-state index contributed by atoms with van der Waals surface area (Å²) in [5.41, 5.74) is 0.540. The van der Waals surface area contributed by atoms with Crippen molar-refractivity contribution in [1.82, 2.24) is 0 Å². The van der Waals surface area contributed by atoms with Crippen molar-refractivity contribution >= 4 is 17.4 Å². The first-order chi connectivity index (χ1) is 10.8. The molecule has 0 fully saturated rings. The predicted octanol–water partition coefficient (Wildman–Crippen LogP) is 4.22. The number of hydrogen-bond acceptors (Lipinski definition) is 3. The number of nitrogens with zero attached hydrogens (tertiary/aromatic N) is 1. The van der Waals surface area contributed by atoms with E-state index in [0.29, 0.717) is 36.6 Å². The van der Waals surface area contributed by atoms with Crippen LogP contribution >= 0.6 is 0 Å². The minimum Gasteiger partial charge on any atom is -0.475 e. The van der Waals surface area contributed by atoms with Gasteiger partial charge in [-0.3, -0.25) is 9.59 Å². The number of hydrogen-bond donors (Lipinski definition) is 0. The number of carbonyl (C=O) groups excluding carboxylic acids is 2. The van der Waals surface area contributed by atoms with E-state index in [2.05, 4.69) is 13.8 Å². The van der Waals surface area contributed by atoms with Crippen LogP contribution in [0.15, 0.2) is 18.2 Å². The molecule has 4 nitrogen and oxygen atoms in total. The maximum Gasteiger partial charge on any atom is 0.271 e. The van der Waals surface area contributed by atoms with E-state index in [1.165, 1.54) is 6.92 Å². The molecule has 1 aromatic rings. The van der Waals surface area contributed by atoms with Crippen LogP contribution in [0.4, 0.5) is 5.69 Å². The second kappa shape index (κ2) is 6.73. The number of ketones is 1. The molecule has 0 aliphatic carbocycles. The normalized spacial score (nSPS) is 16.3. The predicted molar refractivity (Wildman–Crippen MR) is 92.2 cm³/mol. The van der Waals surface area contributed by atoms with Gasteiger partial charge in [0, 0.05) is 12.1 Å². The molecule has 0 N–H and O–H groups in total. The zero-order valence-electron chi connectivity index (χ0n) is 14.8. The highest BCUT2D eigenvalue weighted by Crippen LogP contribution is 2.41. The van der Waals surface area contributed by atoms with E-state index in [9.17, 15) is 9.59 Å². The number of anilines is 1. The molecule has 0 bridgehead atoms. The number of carbonyl (C=O) groups is 2. The first kappa shape index (κ1) is 17.5. The van der Waals surface area contributed by atoms with E-state index in [1.54, 1.807) is 12.1 Å². The summed E-state index contributed by atoms with van der Waals surface area (Å²) in [6.45, 7) is 10.4. The first-order valence-electron chi connectivity index (χ1n) is 8.50. The van der Waals surface area contributed by atoms with Crippen LogP contribution in [0.3, 0.4) is 0 Å². The van der Waals surface area contributed by atoms with Crippen LogP contribution in [0.2, 0.25) is 0 Å². The number of Topliss-reactive ketones (excluding diaryl/α,β-unsaturated/α-hetero) is 1. The van der Waals surface area contributed by atoms with Crippen LogP contribution in [0.25, 0.3) is 0 Å². The Labute approximate surface area is 138 Å². The van der Waals surface area contributed by atoms with Crippen LogP contribution in [0.1, 0.15) is 64.2 Å². The summed E-state index contributed by atoms with van der Waals surface area (Å²) in [5, 5.41) is 0. The summed E-state index contributed by atoms with van der Waals surface area (Å²) in [4.78, 5) is 26.6. The number of benzene rings is 1. The third-order valence-electron chi connectivity index (χ3n) is 4.67. The Balaban J connectivity index is 2.50. The Kier molecular flexibility index (Phi) is 5.12. The van der Waals surface area contributed by atoms with Gasteiger partial charge < -0.3 is 9.64 Å². The number of rotatable bonds is 6. The Hall–Kier alpha value is -1.84. The molecule has 0 atom stereocenters. The monoisotopic (exact) mass is 317 g/mol. The zero-order chi connectivity index (χ0) is 17.2. The van der Waals surface area contributed by atoms with E-state index in [0.717, 1.165) is 12.1 Å². The lowest BCUT2D eigenvalue weighted by molar-refractivity contribution is -0.136. The Morgan fingerprint density at radius 3 is 2.43 bits per heavy atom. The van der Waals surface area contributed by atoms with Gasteiger partial charge in [0.15, 0.2) is 11.4 Å². The first-order valence-corrected chi connectivity index (χ1v) is 8.50. The number of amides is 1. The fourth-order valence-corrected chi connectivity index (χ4v) is 2.95. The molecule has 1 aromatic carbocycles. The minimum absolute atomic E-state index is 0.00752. The summed E-state index contributed by atoms with van der Waals surface area (Å²) in [5.74, 6) is 1.20. The highest BCUT2D eigenvalue weighted by atomic mass is 16.5. The maximum atomic E-state index is 13.1. The Morgan fingerprint density at radius 1 is 1.26 bits per heavy atom. The summed E-state index contributed by atoms with van der Waals surface area (Å²) in [6, 6.07) is 5.37. The fourth-order valence-electron chi connectivity index (χ4n) is 2.95. The highest BCUT2D eigenvalue weighted by molar-refractivity contribution is 6.04. The second-order valence-corrected chi connectivity index (χ2v) is 6.68. The lowest BCUT2D eigenvalue weighted by Gasteiger charge is -2.42. The van der Waals surface area contributed by atoms with Crippen molar-refractivity contribution in [3.05, 3.63) is 23.8 Å². The van der Waals surface area contributed by atoms with Gasteiger partial charge in [0.05, 0.1) is 5.69 Å². The molecule has 0 unspecified atom stereocenters. The average molecular weight is 317 g/mol. The molecule has 126 valence electrons. The lowest BCUT2D eigenvalue weighted by atomic mass is 9.92. The van der Waals surface area contributed by atoms with Crippen molar-refractivity contribution in [2.24, 2.45) is 5.92 Å². The number of ether oxygens (including phenoxy) is 1. The van der Waals surface area contributed by atoms with Crippen LogP contribution < -0.4 is 9.64 Å². The standard InChI is InChI=1S/C19H27NO3/c1-6-19(7-2)18(22)20(11-10-13(3)4)16-12-15(14(5)21)8-9-17(16)23-19/h8-9,12-13H,6-7,10-11H2,1-5H3. The van der Waals surface area contributed by atoms with Crippen LogP contribution in [-0.2, 0) is 4.79 Å². The fraction of sp³-hybridized carbons (Fsp3) is 0.579. The van der Waals surface area contributed by atoms with E-state index in [4.69, 9.17) is 4.74 Å². The number of fused-ring (bicyclic) bond motifs is 1.